The fraction of sp³-hybridized carbons (Fsp3) is 0.588. The molecule has 0 saturated carbocycles. The van der Waals surface area contributed by atoms with Crippen LogP contribution in [0.15, 0.2) is 18.2 Å². The zero-order chi connectivity index (χ0) is 15.4. The molecule has 1 aromatic carbocycles. The first-order valence-corrected chi connectivity index (χ1v) is 7.73. The molecular formula is C17H26N2O2. The Hall–Kier alpha value is -1.55. The lowest BCUT2D eigenvalue weighted by Gasteiger charge is -2.17. The van der Waals surface area contributed by atoms with Gasteiger partial charge in [0.2, 0.25) is 0 Å². The lowest BCUT2D eigenvalue weighted by atomic mass is 10.1. The van der Waals surface area contributed by atoms with Gasteiger partial charge in [-0.25, -0.2) is 0 Å². The quantitative estimate of drug-likeness (QED) is 0.846. The van der Waals surface area contributed by atoms with Gasteiger partial charge >= 0.3 is 0 Å². The summed E-state index contributed by atoms with van der Waals surface area (Å²) in [5.41, 5.74) is 2.67. The molecule has 0 aliphatic heterocycles. The lowest BCUT2D eigenvalue weighted by molar-refractivity contribution is -0.124. The summed E-state index contributed by atoms with van der Waals surface area (Å²) >= 11 is 0. The van der Waals surface area contributed by atoms with Gasteiger partial charge < -0.3 is 15.4 Å². The minimum atomic E-state index is -0.0650. The van der Waals surface area contributed by atoms with Crippen molar-refractivity contribution in [3.63, 3.8) is 0 Å². The molecule has 2 N–H and O–H groups in total. The second kappa shape index (κ2) is 6.94. The molecule has 0 aromatic heterocycles. The molecule has 1 aromatic rings. The maximum atomic E-state index is 11.8. The minimum Gasteiger partial charge on any atom is -0.484 e. The van der Waals surface area contributed by atoms with Crippen LogP contribution in [-0.4, -0.2) is 25.6 Å². The van der Waals surface area contributed by atoms with E-state index >= 15 is 0 Å². The normalized spacial score (nSPS) is 18.4. The Labute approximate surface area is 127 Å². The smallest absolute Gasteiger partial charge is 0.258 e. The van der Waals surface area contributed by atoms with Gasteiger partial charge in [-0.05, 0) is 56.0 Å². The molecule has 0 heterocycles. The van der Waals surface area contributed by atoms with Crippen LogP contribution in [0.1, 0.15) is 44.4 Å². The van der Waals surface area contributed by atoms with E-state index in [1.807, 2.05) is 20.0 Å². The summed E-state index contributed by atoms with van der Waals surface area (Å²) in [4.78, 5) is 11.8. The number of benzene rings is 1. The molecule has 0 fully saturated rings. The zero-order valence-corrected chi connectivity index (χ0v) is 13.4. The number of hydrogen-bond donors (Lipinski definition) is 2. The monoisotopic (exact) mass is 290 g/mol. The van der Waals surface area contributed by atoms with E-state index in [1.54, 1.807) is 0 Å². The predicted octanol–water partition coefficient (Wildman–Crippen LogP) is 2.43. The summed E-state index contributed by atoms with van der Waals surface area (Å²) in [6.45, 7) is 6.26. The Morgan fingerprint density at radius 2 is 2.14 bits per heavy atom. The minimum absolute atomic E-state index is 0.0650. The van der Waals surface area contributed by atoms with Gasteiger partial charge in [-0.15, -0.1) is 0 Å². The molecule has 116 valence electrons. The van der Waals surface area contributed by atoms with Crippen molar-refractivity contribution in [2.45, 2.75) is 45.7 Å². The van der Waals surface area contributed by atoms with Gasteiger partial charge in [-0.1, -0.05) is 19.9 Å². The van der Waals surface area contributed by atoms with Crippen LogP contribution in [0.25, 0.3) is 0 Å². The molecule has 0 spiro atoms. The number of carbonyl (C=O) groups excluding carboxylic acids is 1. The lowest BCUT2D eigenvalue weighted by Crippen LogP contribution is -2.38. The van der Waals surface area contributed by atoms with Crippen LogP contribution in [0, 0.1) is 5.92 Å². The van der Waals surface area contributed by atoms with Gasteiger partial charge in [0.25, 0.3) is 5.91 Å². The standard InChI is InChI=1S/C17H26N2O2/c1-11(2)12(3)19-17(20)10-21-14-6-7-15-13(9-14)5-8-16(15)18-4/h6-7,9,11-12,16,18H,5,8,10H2,1-4H3,(H,19,20). The van der Waals surface area contributed by atoms with Crippen LogP contribution in [0.2, 0.25) is 0 Å². The van der Waals surface area contributed by atoms with Crippen molar-refractivity contribution < 1.29 is 9.53 Å². The summed E-state index contributed by atoms with van der Waals surface area (Å²) in [6, 6.07) is 6.73. The number of hydrogen-bond acceptors (Lipinski definition) is 3. The first-order chi connectivity index (χ1) is 10.0. The van der Waals surface area contributed by atoms with Crippen LogP contribution in [-0.2, 0) is 11.2 Å². The molecular weight excluding hydrogens is 264 g/mol. The van der Waals surface area contributed by atoms with Crippen molar-refractivity contribution in [2.24, 2.45) is 5.92 Å². The molecule has 4 heteroatoms. The fourth-order valence-electron chi connectivity index (χ4n) is 2.59. The van der Waals surface area contributed by atoms with E-state index in [4.69, 9.17) is 4.74 Å². The van der Waals surface area contributed by atoms with Gasteiger partial charge in [0.05, 0.1) is 0 Å². The second-order valence-electron chi connectivity index (χ2n) is 6.13. The number of carbonyl (C=O) groups is 1. The van der Waals surface area contributed by atoms with Gasteiger partial charge in [0, 0.05) is 12.1 Å². The van der Waals surface area contributed by atoms with Crippen molar-refractivity contribution in [3.05, 3.63) is 29.3 Å². The van der Waals surface area contributed by atoms with Crippen molar-refractivity contribution in [1.29, 1.82) is 0 Å². The van der Waals surface area contributed by atoms with Crippen molar-refractivity contribution in [2.75, 3.05) is 13.7 Å². The third kappa shape index (κ3) is 3.97. The SMILES string of the molecule is CNC1CCc2cc(OCC(=O)NC(C)C(C)C)ccc21. The number of fused-ring (bicyclic) bond motifs is 1. The van der Waals surface area contributed by atoms with Crippen LogP contribution >= 0.6 is 0 Å². The molecule has 4 nitrogen and oxygen atoms in total. The maximum absolute atomic E-state index is 11.8. The molecule has 0 radical (unpaired) electrons. The van der Waals surface area contributed by atoms with E-state index in [2.05, 4.69) is 36.6 Å². The Bertz CT molecular complexity index is 500. The van der Waals surface area contributed by atoms with Crippen LogP contribution in [0.5, 0.6) is 5.75 Å². The molecule has 2 rings (SSSR count). The second-order valence-corrected chi connectivity index (χ2v) is 6.13. The molecule has 0 bridgehead atoms. The molecule has 1 aliphatic rings. The largest absolute Gasteiger partial charge is 0.484 e. The highest BCUT2D eigenvalue weighted by Gasteiger charge is 2.21. The first-order valence-electron chi connectivity index (χ1n) is 7.73. The van der Waals surface area contributed by atoms with Gasteiger partial charge in [0.1, 0.15) is 5.75 Å². The Morgan fingerprint density at radius 1 is 1.38 bits per heavy atom. The van der Waals surface area contributed by atoms with E-state index in [9.17, 15) is 4.79 Å². The third-order valence-electron chi connectivity index (χ3n) is 4.30. The van der Waals surface area contributed by atoms with Crippen LogP contribution < -0.4 is 15.4 Å². The van der Waals surface area contributed by atoms with Gasteiger partial charge in [-0.3, -0.25) is 4.79 Å². The van der Waals surface area contributed by atoms with Gasteiger partial charge in [-0.2, -0.15) is 0 Å². The summed E-state index contributed by atoms with van der Waals surface area (Å²) < 4.78 is 5.61. The summed E-state index contributed by atoms with van der Waals surface area (Å²) in [5, 5.41) is 6.26. The van der Waals surface area contributed by atoms with Crippen molar-refractivity contribution in [1.82, 2.24) is 10.6 Å². The van der Waals surface area contributed by atoms with E-state index in [1.165, 1.54) is 11.1 Å². The van der Waals surface area contributed by atoms with E-state index in [-0.39, 0.29) is 18.6 Å². The number of nitrogens with one attached hydrogen (secondary N) is 2. The fourth-order valence-corrected chi connectivity index (χ4v) is 2.59. The predicted molar refractivity (Wildman–Crippen MR) is 84.5 cm³/mol. The van der Waals surface area contributed by atoms with Gasteiger partial charge in [0.15, 0.2) is 6.61 Å². The average molecular weight is 290 g/mol. The first kappa shape index (κ1) is 15.8. The Morgan fingerprint density at radius 3 is 2.81 bits per heavy atom. The molecule has 0 saturated heterocycles. The molecule has 1 amide bonds. The molecule has 21 heavy (non-hydrogen) atoms. The van der Waals surface area contributed by atoms with Crippen LogP contribution in [0.3, 0.4) is 0 Å². The highest BCUT2D eigenvalue weighted by Crippen LogP contribution is 2.33. The highest BCUT2D eigenvalue weighted by molar-refractivity contribution is 5.77. The van der Waals surface area contributed by atoms with E-state index in [0.29, 0.717) is 12.0 Å². The third-order valence-corrected chi connectivity index (χ3v) is 4.30. The zero-order valence-electron chi connectivity index (χ0n) is 13.4. The highest BCUT2D eigenvalue weighted by atomic mass is 16.5. The summed E-state index contributed by atoms with van der Waals surface area (Å²) in [6.07, 6.45) is 2.19. The van der Waals surface area contributed by atoms with Crippen molar-refractivity contribution in [3.8, 4) is 5.75 Å². The Kier molecular flexibility index (Phi) is 5.23. The maximum Gasteiger partial charge on any atom is 0.258 e. The topological polar surface area (TPSA) is 50.4 Å². The summed E-state index contributed by atoms with van der Waals surface area (Å²) in [7, 11) is 1.99. The average Bonchev–Trinajstić information content (AvgIpc) is 2.87. The summed E-state index contributed by atoms with van der Waals surface area (Å²) in [5.74, 6) is 1.13. The van der Waals surface area contributed by atoms with Crippen LogP contribution in [0.4, 0.5) is 0 Å². The molecule has 2 atom stereocenters. The number of amides is 1. The Balaban J connectivity index is 1.89. The number of aryl methyl sites for hydroxylation is 1. The van der Waals surface area contributed by atoms with Crippen molar-refractivity contribution >= 4 is 5.91 Å². The van der Waals surface area contributed by atoms with E-state index < -0.39 is 0 Å². The number of rotatable bonds is 6. The molecule has 1 aliphatic carbocycles. The number of ether oxygens (including phenoxy) is 1. The van der Waals surface area contributed by atoms with E-state index in [0.717, 1.165) is 18.6 Å². The molecule has 2 unspecified atom stereocenters.